The van der Waals surface area contributed by atoms with Crippen LogP contribution in [-0.2, 0) is 16.4 Å². The lowest BCUT2D eigenvalue weighted by molar-refractivity contribution is 0.0774. The summed E-state index contributed by atoms with van der Waals surface area (Å²) in [5, 5.41) is 20.7. The number of nitrogens with zero attached hydrogens (tertiary/aromatic N) is 3. The smallest absolute Gasteiger partial charge is 0.295 e. The van der Waals surface area contributed by atoms with Crippen LogP contribution in [0.4, 0.5) is 6.01 Å². The van der Waals surface area contributed by atoms with Crippen LogP contribution in [0.3, 0.4) is 0 Å². The van der Waals surface area contributed by atoms with Crippen molar-refractivity contribution in [2.75, 3.05) is 25.5 Å². The van der Waals surface area contributed by atoms with Crippen molar-refractivity contribution in [3.05, 3.63) is 71.6 Å². The number of hydrogen-bond donors (Lipinski definition) is 3. The first kappa shape index (κ1) is 28.3. The largest absolute Gasteiger partial charge is 0.424 e. The Kier molecular flexibility index (Phi) is 8.68. The van der Waals surface area contributed by atoms with E-state index in [2.05, 4.69) is 20.8 Å². The van der Waals surface area contributed by atoms with Crippen LogP contribution in [0.2, 0.25) is 0 Å². The van der Waals surface area contributed by atoms with Crippen LogP contribution in [-0.4, -0.2) is 66.2 Å². The number of carbonyl (C=O) groups excluding carboxylic acids is 1. The molecule has 0 saturated heterocycles. The predicted molar refractivity (Wildman–Crippen MR) is 146 cm³/mol. The minimum absolute atomic E-state index is 0.0189. The third kappa shape index (κ3) is 6.64. The summed E-state index contributed by atoms with van der Waals surface area (Å²) in [7, 11) is -2.38. The molecule has 4 rings (SSSR count). The van der Waals surface area contributed by atoms with E-state index in [-0.39, 0.29) is 41.9 Å². The van der Waals surface area contributed by atoms with E-state index in [0.29, 0.717) is 16.9 Å². The van der Waals surface area contributed by atoms with E-state index in [9.17, 15) is 18.3 Å². The van der Waals surface area contributed by atoms with Gasteiger partial charge in [-0.25, -0.2) is 8.42 Å². The average Bonchev–Trinajstić information content (AvgIpc) is 3.53. The zero-order chi connectivity index (χ0) is 28.2. The van der Waals surface area contributed by atoms with Crippen molar-refractivity contribution in [2.24, 2.45) is 5.92 Å². The number of oxazole rings is 1. The Morgan fingerprint density at radius 2 is 1.87 bits per heavy atom. The lowest BCUT2D eigenvalue weighted by Crippen LogP contribution is -2.51. The number of carbonyl (C=O) groups is 1. The van der Waals surface area contributed by atoms with E-state index in [4.69, 9.17) is 8.94 Å². The summed E-state index contributed by atoms with van der Waals surface area (Å²) >= 11 is 0. The first-order chi connectivity index (χ1) is 18.6. The van der Waals surface area contributed by atoms with Gasteiger partial charge in [0, 0.05) is 26.2 Å². The zero-order valence-electron chi connectivity index (χ0n) is 22.3. The van der Waals surface area contributed by atoms with Crippen LogP contribution >= 0.6 is 0 Å². The van der Waals surface area contributed by atoms with Crippen molar-refractivity contribution < 1.29 is 27.3 Å². The highest BCUT2D eigenvalue weighted by molar-refractivity contribution is 7.89. The third-order valence-corrected chi connectivity index (χ3v) is 8.07. The second kappa shape index (κ2) is 12.0. The summed E-state index contributed by atoms with van der Waals surface area (Å²) < 4.78 is 39.4. The number of rotatable bonds is 12. The van der Waals surface area contributed by atoms with Crippen LogP contribution < -0.4 is 10.6 Å². The van der Waals surface area contributed by atoms with Gasteiger partial charge in [0.2, 0.25) is 10.0 Å². The normalized spacial score (nSPS) is 13.6. The van der Waals surface area contributed by atoms with Gasteiger partial charge >= 0.3 is 0 Å². The average molecular weight is 556 g/mol. The molecule has 2 atom stereocenters. The van der Waals surface area contributed by atoms with Crippen molar-refractivity contribution in [3.63, 3.8) is 0 Å². The fourth-order valence-corrected chi connectivity index (χ4v) is 5.89. The fourth-order valence-electron chi connectivity index (χ4n) is 4.25. The topological polar surface area (TPSA) is 151 Å². The molecule has 208 valence electrons. The van der Waals surface area contributed by atoms with Gasteiger partial charge in [-0.1, -0.05) is 49.3 Å². The van der Waals surface area contributed by atoms with E-state index in [0.717, 1.165) is 5.56 Å². The molecule has 0 bridgehead atoms. The molecule has 4 aromatic rings. The van der Waals surface area contributed by atoms with E-state index >= 15 is 0 Å². The summed E-state index contributed by atoms with van der Waals surface area (Å²) in [6, 6.07) is 13.3. The van der Waals surface area contributed by atoms with Crippen molar-refractivity contribution in [1.82, 2.24) is 19.8 Å². The highest BCUT2D eigenvalue weighted by atomic mass is 32.2. The fraction of sp³-hybridized carbons (Fsp3) is 0.370. The summed E-state index contributed by atoms with van der Waals surface area (Å²) in [6.07, 6.45) is 0.364. The second-order valence-electron chi connectivity index (χ2n) is 9.75. The summed E-state index contributed by atoms with van der Waals surface area (Å²) in [4.78, 5) is 17.2. The van der Waals surface area contributed by atoms with Gasteiger partial charge in [-0.05, 0) is 37.0 Å². The van der Waals surface area contributed by atoms with Gasteiger partial charge in [-0.2, -0.15) is 9.29 Å². The Morgan fingerprint density at radius 3 is 2.51 bits per heavy atom. The number of anilines is 1. The van der Waals surface area contributed by atoms with Crippen LogP contribution in [0, 0.1) is 12.8 Å². The molecule has 0 aliphatic rings. The Hall–Kier alpha value is -3.74. The summed E-state index contributed by atoms with van der Waals surface area (Å²) in [5.41, 5.74) is 1.96. The van der Waals surface area contributed by atoms with Gasteiger partial charge in [-0.15, -0.1) is 0 Å². The van der Waals surface area contributed by atoms with Crippen LogP contribution in [0.5, 0.6) is 0 Å². The van der Waals surface area contributed by atoms with Crippen molar-refractivity contribution in [2.45, 2.75) is 44.2 Å². The van der Waals surface area contributed by atoms with Crippen molar-refractivity contribution in [1.29, 1.82) is 0 Å². The Morgan fingerprint density at radius 1 is 1.13 bits per heavy atom. The molecule has 0 fully saturated rings. The molecule has 2 unspecified atom stereocenters. The molecule has 2 heterocycles. The Bertz CT molecular complexity index is 1520. The van der Waals surface area contributed by atoms with Gasteiger partial charge in [0.15, 0.2) is 5.58 Å². The minimum atomic E-state index is -4.04. The molecule has 0 radical (unpaired) electrons. The molecule has 0 spiro atoms. The maximum Gasteiger partial charge on any atom is 0.295 e. The van der Waals surface area contributed by atoms with Crippen molar-refractivity contribution in [3.8, 4) is 0 Å². The number of aryl methyl sites for hydroxylation is 1. The maximum atomic E-state index is 13.8. The zero-order valence-corrected chi connectivity index (χ0v) is 23.1. The number of amides is 1. The predicted octanol–water partition coefficient (Wildman–Crippen LogP) is 3.21. The van der Waals surface area contributed by atoms with Crippen LogP contribution in [0.25, 0.3) is 11.1 Å². The monoisotopic (exact) mass is 555 g/mol. The molecule has 3 N–H and O–H groups in total. The number of benzene rings is 2. The number of aliphatic hydroxyl groups is 1. The molecule has 12 heteroatoms. The Balaban J connectivity index is 1.62. The van der Waals surface area contributed by atoms with E-state index in [1.807, 2.05) is 44.2 Å². The number of fused-ring (bicyclic) bond motifs is 1. The van der Waals surface area contributed by atoms with Crippen molar-refractivity contribution >= 4 is 33.0 Å². The molecule has 0 aliphatic heterocycles. The van der Waals surface area contributed by atoms with Crippen LogP contribution in [0.15, 0.2) is 68.6 Å². The van der Waals surface area contributed by atoms with Crippen LogP contribution in [0.1, 0.15) is 35.5 Å². The highest BCUT2D eigenvalue weighted by Crippen LogP contribution is 2.25. The maximum absolute atomic E-state index is 13.8. The minimum Gasteiger partial charge on any atom is -0.424 e. The molecule has 0 aliphatic carbocycles. The van der Waals surface area contributed by atoms with Gasteiger partial charge in [0.1, 0.15) is 16.8 Å². The number of sulfonamides is 1. The highest BCUT2D eigenvalue weighted by Gasteiger charge is 2.32. The molecular weight excluding hydrogens is 522 g/mol. The molecule has 0 saturated carbocycles. The lowest BCUT2D eigenvalue weighted by atomic mass is 10.0. The quantitative estimate of drug-likeness (QED) is 0.239. The molecule has 1 amide bonds. The SMILES string of the molecule is CNc1nc2ccc(S(=O)(=O)N(CC(C)C)CC(O)C(Cc3ccccc3)NC(=O)c3cnoc3C)cc2o1. The first-order valence-electron chi connectivity index (χ1n) is 12.6. The lowest BCUT2D eigenvalue weighted by Gasteiger charge is -2.30. The van der Waals surface area contributed by atoms with E-state index < -0.39 is 28.1 Å². The number of nitrogens with one attached hydrogen (secondary N) is 2. The summed E-state index contributed by atoms with van der Waals surface area (Å²) in [6.45, 7) is 5.33. The third-order valence-electron chi connectivity index (χ3n) is 6.25. The number of hydrogen-bond acceptors (Lipinski definition) is 9. The second-order valence-corrected chi connectivity index (χ2v) is 11.7. The van der Waals surface area contributed by atoms with Gasteiger partial charge < -0.3 is 24.7 Å². The summed E-state index contributed by atoms with van der Waals surface area (Å²) in [5.74, 6) is -0.157. The van der Waals surface area contributed by atoms with E-state index in [1.165, 1.54) is 22.6 Å². The molecule has 2 aromatic heterocycles. The van der Waals surface area contributed by atoms with Gasteiger partial charge in [0.05, 0.1) is 23.2 Å². The number of aromatic nitrogens is 2. The number of aliphatic hydroxyl groups excluding tert-OH is 1. The Labute approximate surface area is 227 Å². The standard InChI is InChI=1S/C27H33N5O6S/c1-17(2)15-32(39(35,36)20-10-11-22-25(13-20)37-27(28-4)31-22)16-24(33)23(12-19-8-6-5-7-9-19)30-26(34)21-14-29-38-18(21)3/h5-11,13-14,17,23-24,33H,12,15-16H2,1-4H3,(H,28,31)(H,30,34). The molecular formula is C27H33N5O6S. The van der Waals surface area contributed by atoms with Gasteiger partial charge in [0.25, 0.3) is 11.9 Å². The molecule has 2 aromatic carbocycles. The first-order valence-corrected chi connectivity index (χ1v) is 14.0. The van der Waals surface area contributed by atoms with Gasteiger partial charge in [-0.3, -0.25) is 4.79 Å². The molecule has 11 nitrogen and oxygen atoms in total. The molecule has 39 heavy (non-hydrogen) atoms. The van der Waals surface area contributed by atoms with E-state index in [1.54, 1.807) is 20.0 Å².